The fraction of sp³-hybridized carbons (Fsp3) is 0.320. The van der Waals surface area contributed by atoms with E-state index < -0.39 is 35.2 Å². The van der Waals surface area contributed by atoms with E-state index in [2.05, 4.69) is 15.3 Å². The molecular weight excluding hydrogens is 469 g/mol. The fourth-order valence-corrected chi connectivity index (χ4v) is 4.14. The Balaban J connectivity index is 1.76. The second kappa shape index (κ2) is 9.97. The minimum absolute atomic E-state index is 0.0477. The summed E-state index contributed by atoms with van der Waals surface area (Å²) in [5.74, 6) is -6.59. The molecule has 2 aromatic heterocycles. The molecule has 0 spiro atoms. The zero-order chi connectivity index (χ0) is 25.2. The molecule has 0 bridgehead atoms. The van der Waals surface area contributed by atoms with Crippen LogP contribution in [-0.2, 0) is 0 Å². The summed E-state index contributed by atoms with van der Waals surface area (Å²) in [4.78, 5) is 21.1. The molecule has 1 N–H and O–H groups in total. The van der Waals surface area contributed by atoms with Gasteiger partial charge in [-0.15, -0.1) is 0 Å². The summed E-state index contributed by atoms with van der Waals surface area (Å²) in [5.41, 5.74) is 0.153. The summed E-state index contributed by atoms with van der Waals surface area (Å²) < 4.78 is 75.5. The molecule has 1 fully saturated rings. The van der Waals surface area contributed by atoms with Crippen LogP contribution in [0, 0.1) is 17.5 Å². The summed E-state index contributed by atoms with van der Waals surface area (Å²) in [5, 5.41) is 2.61. The Kier molecular flexibility index (Phi) is 7.00. The molecule has 0 atom stereocenters. The Hall–Kier alpha value is -3.56. The maximum atomic E-state index is 14.7. The van der Waals surface area contributed by atoms with Crippen LogP contribution in [0.15, 0.2) is 42.7 Å². The molecule has 35 heavy (non-hydrogen) atoms. The SMILES string of the molecule is CCOc1ncc(C(=O)Nc2c(-c3cc(F)ccc3F)ccnc2C2CCC(F)(F)CC2)cc1F. The van der Waals surface area contributed by atoms with Crippen molar-refractivity contribution in [1.82, 2.24) is 9.97 Å². The van der Waals surface area contributed by atoms with Gasteiger partial charge in [0.05, 0.1) is 23.6 Å². The van der Waals surface area contributed by atoms with Crippen molar-refractivity contribution in [1.29, 1.82) is 0 Å². The molecule has 1 aliphatic rings. The molecule has 3 aromatic rings. The molecule has 184 valence electrons. The van der Waals surface area contributed by atoms with E-state index in [-0.39, 0.29) is 66.2 Å². The highest BCUT2D eigenvalue weighted by Crippen LogP contribution is 2.44. The van der Waals surface area contributed by atoms with E-state index in [0.717, 1.165) is 30.5 Å². The summed E-state index contributed by atoms with van der Waals surface area (Å²) in [6, 6.07) is 5.20. The molecule has 1 saturated carbocycles. The number of carbonyl (C=O) groups excluding carboxylic acids is 1. The highest BCUT2D eigenvalue weighted by atomic mass is 19.3. The molecular formula is C25H22F5N3O2. The van der Waals surface area contributed by atoms with Crippen molar-refractivity contribution < 1.29 is 31.5 Å². The van der Waals surface area contributed by atoms with Crippen molar-refractivity contribution in [2.45, 2.75) is 44.4 Å². The van der Waals surface area contributed by atoms with Gasteiger partial charge in [-0.2, -0.15) is 0 Å². The monoisotopic (exact) mass is 491 g/mol. The van der Waals surface area contributed by atoms with Crippen LogP contribution in [0.25, 0.3) is 11.1 Å². The number of halogens is 5. The van der Waals surface area contributed by atoms with Crippen molar-refractivity contribution in [2.24, 2.45) is 0 Å². The molecule has 1 amide bonds. The van der Waals surface area contributed by atoms with Gasteiger partial charge in [-0.25, -0.2) is 26.9 Å². The standard InChI is InChI=1S/C25H22F5N3O2/c1-2-35-24-20(28)11-15(13-32-24)23(34)33-22-17(18-12-16(26)3-4-19(18)27)7-10-31-21(22)14-5-8-25(29,30)9-6-14/h3-4,7,10-14H,2,5-6,8-9H2,1H3,(H,33,34). The van der Waals surface area contributed by atoms with Crippen LogP contribution < -0.4 is 10.1 Å². The lowest BCUT2D eigenvalue weighted by Gasteiger charge is -2.29. The van der Waals surface area contributed by atoms with E-state index in [1.54, 1.807) is 6.92 Å². The Bertz CT molecular complexity index is 1240. The zero-order valence-corrected chi connectivity index (χ0v) is 18.8. The number of benzene rings is 1. The third kappa shape index (κ3) is 5.41. The number of amides is 1. The number of pyridine rings is 2. The molecule has 4 rings (SSSR count). The van der Waals surface area contributed by atoms with Gasteiger partial charge < -0.3 is 10.1 Å². The van der Waals surface area contributed by atoms with E-state index in [1.165, 1.54) is 12.3 Å². The number of carbonyl (C=O) groups is 1. The second-order valence-corrected chi connectivity index (χ2v) is 8.27. The minimum atomic E-state index is -2.79. The molecule has 0 saturated heterocycles. The lowest BCUT2D eigenvalue weighted by molar-refractivity contribution is -0.0384. The maximum absolute atomic E-state index is 14.7. The van der Waals surface area contributed by atoms with Gasteiger partial charge in [0.25, 0.3) is 5.91 Å². The van der Waals surface area contributed by atoms with Crippen LogP contribution in [0.3, 0.4) is 0 Å². The average Bonchev–Trinajstić information content (AvgIpc) is 2.82. The van der Waals surface area contributed by atoms with Crippen LogP contribution >= 0.6 is 0 Å². The topological polar surface area (TPSA) is 64.1 Å². The molecule has 0 radical (unpaired) electrons. The summed E-state index contributed by atoms with van der Waals surface area (Å²) >= 11 is 0. The number of nitrogens with zero attached hydrogens (tertiary/aromatic N) is 2. The number of nitrogens with one attached hydrogen (secondary N) is 1. The second-order valence-electron chi connectivity index (χ2n) is 8.27. The van der Waals surface area contributed by atoms with Crippen molar-refractivity contribution in [3.63, 3.8) is 0 Å². The average molecular weight is 491 g/mol. The van der Waals surface area contributed by atoms with Crippen LogP contribution in [0.2, 0.25) is 0 Å². The van der Waals surface area contributed by atoms with Gasteiger partial charge >= 0.3 is 0 Å². The number of rotatable bonds is 6. The van der Waals surface area contributed by atoms with Gasteiger partial charge in [0.1, 0.15) is 11.6 Å². The van der Waals surface area contributed by atoms with Crippen molar-refractivity contribution in [2.75, 3.05) is 11.9 Å². The highest BCUT2D eigenvalue weighted by Gasteiger charge is 2.37. The van der Waals surface area contributed by atoms with Gasteiger partial charge in [-0.05, 0) is 50.1 Å². The number of hydrogen-bond acceptors (Lipinski definition) is 4. The largest absolute Gasteiger partial charge is 0.476 e. The zero-order valence-electron chi connectivity index (χ0n) is 18.8. The van der Waals surface area contributed by atoms with Gasteiger partial charge in [0, 0.05) is 42.3 Å². The van der Waals surface area contributed by atoms with Crippen LogP contribution in [0.4, 0.5) is 27.6 Å². The lowest BCUT2D eigenvalue weighted by Crippen LogP contribution is -2.25. The van der Waals surface area contributed by atoms with Gasteiger partial charge in [0.2, 0.25) is 11.8 Å². The molecule has 5 nitrogen and oxygen atoms in total. The first-order valence-corrected chi connectivity index (χ1v) is 11.1. The van der Waals surface area contributed by atoms with E-state index in [0.29, 0.717) is 0 Å². The summed E-state index contributed by atoms with van der Waals surface area (Å²) in [7, 11) is 0. The third-order valence-corrected chi connectivity index (χ3v) is 5.89. The first-order chi connectivity index (χ1) is 16.7. The van der Waals surface area contributed by atoms with Crippen LogP contribution in [0.1, 0.15) is 54.6 Å². The molecule has 2 heterocycles. The maximum Gasteiger partial charge on any atom is 0.257 e. The lowest BCUT2D eigenvalue weighted by atomic mass is 9.83. The number of aromatic nitrogens is 2. The Morgan fingerprint density at radius 1 is 1.06 bits per heavy atom. The van der Waals surface area contributed by atoms with Gasteiger partial charge in [-0.3, -0.25) is 9.78 Å². The Morgan fingerprint density at radius 2 is 1.80 bits per heavy atom. The minimum Gasteiger partial charge on any atom is -0.476 e. The van der Waals surface area contributed by atoms with E-state index in [1.807, 2.05) is 0 Å². The first kappa shape index (κ1) is 24.6. The Morgan fingerprint density at radius 3 is 2.49 bits per heavy atom. The number of hydrogen-bond donors (Lipinski definition) is 1. The fourth-order valence-electron chi connectivity index (χ4n) is 4.14. The molecule has 1 aromatic carbocycles. The molecule has 0 unspecified atom stereocenters. The number of ether oxygens (including phenoxy) is 1. The third-order valence-electron chi connectivity index (χ3n) is 5.89. The van der Waals surface area contributed by atoms with Gasteiger partial charge in [0.15, 0.2) is 5.82 Å². The summed E-state index contributed by atoms with van der Waals surface area (Å²) in [6.45, 7) is 1.83. The first-order valence-electron chi connectivity index (χ1n) is 11.1. The van der Waals surface area contributed by atoms with Crippen LogP contribution in [0.5, 0.6) is 5.88 Å². The molecule has 10 heteroatoms. The summed E-state index contributed by atoms with van der Waals surface area (Å²) in [6.07, 6.45) is 1.94. The number of alkyl halides is 2. The van der Waals surface area contributed by atoms with Gasteiger partial charge in [-0.1, -0.05) is 0 Å². The number of anilines is 1. The van der Waals surface area contributed by atoms with Crippen molar-refractivity contribution >= 4 is 11.6 Å². The van der Waals surface area contributed by atoms with E-state index >= 15 is 0 Å². The molecule has 0 aliphatic heterocycles. The Labute approximate surface area is 198 Å². The molecule has 1 aliphatic carbocycles. The van der Waals surface area contributed by atoms with Crippen molar-refractivity contribution in [3.8, 4) is 17.0 Å². The normalized spacial score (nSPS) is 15.6. The van der Waals surface area contributed by atoms with Crippen molar-refractivity contribution in [3.05, 3.63) is 71.4 Å². The quantitative estimate of drug-likeness (QED) is 0.400. The smallest absolute Gasteiger partial charge is 0.257 e. The van der Waals surface area contributed by atoms with E-state index in [4.69, 9.17) is 4.74 Å². The highest BCUT2D eigenvalue weighted by molar-refractivity contribution is 6.06. The predicted octanol–water partition coefficient (Wildman–Crippen LogP) is 6.50. The predicted molar refractivity (Wildman–Crippen MR) is 119 cm³/mol. The van der Waals surface area contributed by atoms with Crippen LogP contribution in [-0.4, -0.2) is 28.4 Å². The van der Waals surface area contributed by atoms with E-state index in [9.17, 15) is 26.7 Å².